The molecule has 1 saturated carbocycles. The van der Waals surface area contributed by atoms with E-state index in [9.17, 15) is 5.11 Å². The Morgan fingerprint density at radius 2 is 1.94 bits per heavy atom. The third kappa shape index (κ3) is 2.29. The van der Waals surface area contributed by atoms with Crippen molar-refractivity contribution in [1.82, 2.24) is 0 Å². The summed E-state index contributed by atoms with van der Waals surface area (Å²) in [5.74, 6) is 0.181. The van der Waals surface area contributed by atoms with Gasteiger partial charge in [0, 0.05) is 12.0 Å². The van der Waals surface area contributed by atoms with Crippen molar-refractivity contribution in [1.29, 1.82) is 0 Å². The first kappa shape index (κ1) is 12.7. The fraction of sp³-hybridized carbons (Fsp3) is 0.571. The average Bonchev–Trinajstić information content (AvgIpc) is 2.34. The van der Waals surface area contributed by atoms with Crippen LogP contribution < -0.4 is 5.73 Å². The fourth-order valence-corrected chi connectivity index (χ4v) is 3.26. The molecule has 1 fully saturated rings. The molecule has 1 aromatic carbocycles. The number of nitrogens with two attached hydrogens (primary N) is 1. The minimum Gasteiger partial charge on any atom is -0.506 e. The molecule has 1 aliphatic rings. The highest BCUT2D eigenvalue weighted by atomic mass is 35.5. The maximum Gasteiger partial charge on any atom is 0.134 e. The number of aromatic hydroxyl groups is 1. The number of hydrogen-bond donors (Lipinski definition) is 2. The Bertz CT molecular complexity index is 411. The van der Waals surface area contributed by atoms with Gasteiger partial charge in [-0.2, -0.15) is 0 Å². The van der Waals surface area contributed by atoms with Crippen molar-refractivity contribution in [2.45, 2.75) is 44.4 Å². The van der Waals surface area contributed by atoms with Gasteiger partial charge in [0.2, 0.25) is 0 Å². The summed E-state index contributed by atoms with van der Waals surface area (Å²) in [6.45, 7) is 2.59. The van der Waals surface area contributed by atoms with Gasteiger partial charge in [-0.1, -0.05) is 36.9 Å². The minimum absolute atomic E-state index is 0.0289. The van der Waals surface area contributed by atoms with Gasteiger partial charge in [-0.3, -0.25) is 0 Å². The summed E-state index contributed by atoms with van der Waals surface area (Å²) in [5, 5.41) is 10.3. The number of halogens is 1. The second kappa shape index (κ2) is 4.87. The van der Waals surface area contributed by atoms with E-state index in [0.717, 1.165) is 24.0 Å². The normalized spacial score (nSPS) is 19.2. The second-order valence-corrected chi connectivity index (χ2v) is 5.57. The van der Waals surface area contributed by atoms with Gasteiger partial charge in [0.25, 0.3) is 0 Å². The van der Waals surface area contributed by atoms with E-state index < -0.39 is 0 Å². The van der Waals surface area contributed by atoms with Crippen LogP contribution in [0.4, 0.5) is 0 Å². The Kier molecular flexibility index (Phi) is 3.64. The lowest BCUT2D eigenvalue weighted by Gasteiger charge is -2.37. The number of rotatable bonds is 2. The number of phenols is 1. The van der Waals surface area contributed by atoms with Crippen LogP contribution in [-0.2, 0) is 5.41 Å². The molecule has 0 spiro atoms. The highest BCUT2D eigenvalue weighted by Crippen LogP contribution is 2.44. The van der Waals surface area contributed by atoms with Crippen molar-refractivity contribution in [3.05, 3.63) is 28.3 Å². The summed E-state index contributed by atoms with van der Waals surface area (Å²) >= 11 is 6.26. The topological polar surface area (TPSA) is 46.2 Å². The Labute approximate surface area is 108 Å². The van der Waals surface area contributed by atoms with Crippen molar-refractivity contribution in [2.75, 3.05) is 6.54 Å². The minimum atomic E-state index is -0.0289. The monoisotopic (exact) mass is 253 g/mol. The van der Waals surface area contributed by atoms with Gasteiger partial charge in [0.05, 0.1) is 5.02 Å². The molecular formula is C14H20ClNO. The first-order valence-electron chi connectivity index (χ1n) is 6.29. The summed E-state index contributed by atoms with van der Waals surface area (Å²) in [7, 11) is 0. The molecule has 94 valence electrons. The van der Waals surface area contributed by atoms with Gasteiger partial charge >= 0.3 is 0 Å². The first-order valence-corrected chi connectivity index (χ1v) is 6.66. The smallest absolute Gasteiger partial charge is 0.134 e. The van der Waals surface area contributed by atoms with Crippen LogP contribution in [0.5, 0.6) is 5.75 Å². The maximum absolute atomic E-state index is 9.85. The molecule has 0 radical (unpaired) electrons. The molecule has 3 N–H and O–H groups in total. The van der Waals surface area contributed by atoms with Gasteiger partial charge in [-0.05, 0) is 37.0 Å². The molecule has 0 aromatic heterocycles. The summed E-state index contributed by atoms with van der Waals surface area (Å²) in [6, 6.07) is 3.79. The highest BCUT2D eigenvalue weighted by molar-refractivity contribution is 6.33. The van der Waals surface area contributed by atoms with E-state index in [-0.39, 0.29) is 11.2 Å². The largest absolute Gasteiger partial charge is 0.506 e. The Morgan fingerprint density at radius 1 is 1.29 bits per heavy atom. The van der Waals surface area contributed by atoms with Crippen LogP contribution in [0.1, 0.15) is 43.2 Å². The molecule has 0 saturated heterocycles. The van der Waals surface area contributed by atoms with Gasteiger partial charge < -0.3 is 10.8 Å². The Balaban J connectivity index is 2.49. The average molecular weight is 254 g/mol. The van der Waals surface area contributed by atoms with Crippen molar-refractivity contribution in [3.63, 3.8) is 0 Å². The van der Waals surface area contributed by atoms with Crippen LogP contribution in [0.25, 0.3) is 0 Å². The van der Waals surface area contributed by atoms with Crippen molar-refractivity contribution in [3.8, 4) is 5.75 Å². The summed E-state index contributed by atoms with van der Waals surface area (Å²) in [4.78, 5) is 0. The van der Waals surface area contributed by atoms with Gasteiger partial charge in [0.15, 0.2) is 0 Å². The van der Waals surface area contributed by atoms with Gasteiger partial charge in [-0.15, -0.1) is 0 Å². The zero-order valence-corrected chi connectivity index (χ0v) is 11.1. The molecule has 2 nitrogen and oxygen atoms in total. The van der Waals surface area contributed by atoms with Crippen LogP contribution >= 0.6 is 11.6 Å². The fourth-order valence-electron chi connectivity index (χ4n) is 2.95. The van der Waals surface area contributed by atoms with E-state index in [0.29, 0.717) is 11.6 Å². The van der Waals surface area contributed by atoms with Crippen molar-refractivity contribution >= 4 is 11.6 Å². The predicted molar refractivity (Wildman–Crippen MR) is 71.7 cm³/mol. The third-order valence-corrected chi connectivity index (χ3v) is 4.37. The molecule has 3 heteroatoms. The molecule has 2 rings (SSSR count). The van der Waals surface area contributed by atoms with Gasteiger partial charge in [0.1, 0.15) is 5.75 Å². The van der Waals surface area contributed by atoms with E-state index in [4.69, 9.17) is 17.3 Å². The highest BCUT2D eigenvalue weighted by Gasteiger charge is 2.35. The zero-order chi connectivity index (χ0) is 12.5. The lowest BCUT2D eigenvalue weighted by Crippen LogP contribution is -2.37. The lowest BCUT2D eigenvalue weighted by molar-refractivity contribution is 0.300. The quantitative estimate of drug-likeness (QED) is 0.847. The lowest BCUT2D eigenvalue weighted by atomic mass is 9.69. The Hall–Kier alpha value is -0.730. The van der Waals surface area contributed by atoms with Crippen LogP contribution in [-0.4, -0.2) is 11.7 Å². The van der Waals surface area contributed by atoms with Crippen LogP contribution in [0.2, 0.25) is 5.02 Å². The van der Waals surface area contributed by atoms with E-state index in [2.05, 4.69) is 6.07 Å². The van der Waals surface area contributed by atoms with E-state index in [1.54, 1.807) is 6.07 Å². The SMILES string of the molecule is Cc1cc(O)c(Cl)c(C2(CN)CCCCC2)c1. The molecule has 0 unspecified atom stereocenters. The van der Waals surface area contributed by atoms with E-state index >= 15 is 0 Å². The standard InChI is InChI=1S/C14H20ClNO/c1-10-7-11(13(15)12(17)8-10)14(9-16)5-3-2-4-6-14/h7-8,17H,2-6,9,16H2,1H3. The summed E-state index contributed by atoms with van der Waals surface area (Å²) in [5.41, 5.74) is 8.05. The molecule has 0 amide bonds. The predicted octanol–water partition coefficient (Wildman–Crippen LogP) is 3.51. The van der Waals surface area contributed by atoms with Crippen molar-refractivity contribution in [2.24, 2.45) is 5.73 Å². The Morgan fingerprint density at radius 3 is 2.53 bits per heavy atom. The zero-order valence-electron chi connectivity index (χ0n) is 10.3. The van der Waals surface area contributed by atoms with Crippen LogP contribution in [0.3, 0.4) is 0 Å². The molecule has 0 bridgehead atoms. The third-order valence-electron chi connectivity index (χ3n) is 3.97. The van der Waals surface area contributed by atoms with E-state index in [1.807, 2.05) is 6.92 Å². The molecule has 0 atom stereocenters. The molecular weight excluding hydrogens is 234 g/mol. The van der Waals surface area contributed by atoms with E-state index in [1.165, 1.54) is 19.3 Å². The second-order valence-electron chi connectivity index (χ2n) is 5.19. The van der Waals surface area contributed by atoms with Crippen LogP contribution in [0.15, 0.2) is 12.1 Å². The summed E-state index contributed by atoms with van der Waals surface area (Å²) in [6.07, 6.45) is 5.82. The molecule has 0 aliphatic heterocycles. The maximum atomic E-state index is 9.85. The van der Waals surface area contributed by atoms with Gasteiger partial charge in [-0.25, -0.2) is 0 Å². The molecule has 0 heterocycles. The number of phenolic OH excluding ortho intramolecular Hbond substituents is 1. The molecule has 17 heavy (non-hydrogen) atoms. The van der Waals surface area contributed by atoms with Crippen LogP contribution in [0, 0.1) is 6.92 Å². The first-order chi connectivity index (χ1) is 8.09. The number of aryl methyl sites for hydroxylation is 1. The summed E-state index contributed by atoms with van der Waals surface area (Å²) < 4.78 is 0. The number of benzene rings is 1. The molecule has 1 aliphatic carbocycles. The van der Waals surface area contributed by atoms with Crippen molar-refractivity contribution < 1.29 is 5.11 Å². The number of hydrogen-bond acceptors (Lipinski definition) is 2. The molecule has 1 aromatic rings.